The Morgan fingerprint density at radius 1 is 1.12 bits per heavy atom. The first-order chi connectivity index (χ1) is 12.1. The summed E-state index contributed by atoms with van der Waals surface area (Å²) < 4.78 is 2.06. The van der Waals surface area contributed by atoms with E-state index in [-0.39, 0.29) is 11.8 Å². The molecule has 25 heavy (non-hydrogen) atoms. The highest BCUT2D eigenvalue weighted by Gasteiger charge is 2.19. The number of rotatable bonds is 7. The van der Waals surface area contributed by atoms with E-state index in [0.717, 1.165) is 17.8 Å². The minimum absolute atomic E-state index is 0.100. The lowest BCUT2D eigenvalue weighted by Crippen LogP contribution is -2.28. The van der Waals surface area contributed by atoms with Gasteiger partial charge in [-0.1, -0.05) is 50.2 Å². The van der Waals surface area contributed by atoms with Gasteiger partial charge >= 0.3 is 0 Å². The molecule has 3 rings (SSSR count). The van der Waals surface area contributed by atoms with Crippen LogP contribution in [0.1, 0.15) is 37.6 Å². The zero-order valence-corrected chi connectivity index (χ0v) is 14.9. The van der Waals surface area contributed by atoms with Crippen molar-refractivity contribution in [1.82, 2.24) is 14.7 Å². The zero-order valence-electron chi connectivity index (χ0n) is 14.9. The predicted molar refractivity (Wildman–Crippen MR) is 101 cm³/mol. The molecule has 1 atom stereocenters. The average molecular weight is 335 g/mol. The van der Waals surface area contributed by atoms with E-state index in [0.29, 0.717) is 18.9 Å². The molecule has 0 aliphatic carbocycles. The highest BCUT2D eigenvalue weighted by Crippen LogP contribution is 2.27. The van der Waals surface area contributed by atoms with Crippen LogP contribution in [0.4, 0.5) is 0 Å². The molecular formula is C21H25N3O. The van der Waals surface area contributed by atoms with Crippen LogP contribution in [-0.2, 0) is 11.2 Å². The maximum atomic E-state index is 12.4. The van der Waals surface area contributed by atoms with Crippen LogP contribution in [0.3, 0.4) is 0 Å². The van der Waals surface area contributed by atoms with Gasteiger partial charge in [0.25, 0.3) is 0 Å². The Bertz CT molecular complexity index is 823. The fourth-order valence-electron chi connectivity index (χ4n) is 3.21. The van der Waals surface area contributed by atoms with E-state index >= 15 is 0 Å². The van der Waals surface area contributed by atoms with Crippen molar-refractivity contribution >= 4 is 11.4 Å². The van der Waals surface area contributed by atoms with Crippen molar-refractivity contribution in [2.45, 2.75) is 32.6 Å². The van der Waals surface area contributed by atoms with Crippen molar-refractivity contribution in [3.8, 4) is 0 Å². The summed E-state index contributed by atoms with van der Waals surface area (Å²) >= 11 is 0. The first-order valence-corrected chi connectivity index (χ1v) is 8.87. The van der Waals surface area contributed by atoms with Gasteiger partial charge in [-0.25, -0.2) is 4.98 Å². The van der Waals surface area contributed by atoms with Crippen LogP contribution in [0.5, 0.6) is 0 Å². The van der Waals surface area contributed by atoms with E-state index < -0.39 is 0 Å². The van der Waals surface area contributed by atoms with E-state index in [1.807, 2.05) is 48.8 Å². The summed E-state index contributed by atoms with van der Waals surface area (Å²) in [4.78, 5) is 16.8. The molecule has 0 fully saturated rings. The molecular weight excluding hydrogens is 310 g/mol. The molecule has 130 valence electrons. The van der Waals surface area contributed by atoms with Gasteiger partial charge in [0.05, 0.1) is 11.7 Å². The van der Waals surface area contributed by atoms with Gasteiger partial charge in [0, 0.05) is 25.6 Å². The average Bonchev–Trinajstić information content (AvgIpc) is 3.03. The van der Waals surface area contributed by atoms with Crippen molar-refractivity contribution in [1.29, 1.82) is 0 Å². The van der Waals surface area contributed by atoms with Crippen LogP contribution in [0, 0.1) is 5.92 Å². The molecule has 2 heterocycles. The van der Waals surface area contributed by atoms with E-state index in [2.05, 4.69) is 40.7 Å². The number of hydrogen-bond acceptors (Lipinski definition) is 2. The molecule has 4 nitrogen and oxygen atoms in total. The number of hydrogen-bond donors (Lipinski definition) is 1. The Morgan fingerprint density at radius 3 is 2.64 bits per heavy atom. The summed E-state index contributed by atoms with van der Waals surface area (Å²) in [6, 6.07) is 16.3. The molecule has 0 saturated heterocycles. The monoisotopic (exact) mass is 335 g/mol. The number of imidazole rings is 1. The van der Waals surface area contributed by atoms with Gasteiger partial charge in [-0.3, -0.25) is 4.79 Å². The molecule has 0 saturated carbocycles. The van der Waals surface area contributed by atoms with E-state index in [4.69, 9.17) is 0 Å². The maximum absolute atomic E-state index is 12.4. The predicted octanol–water partition coefficient (Wildman–Crippen LogP) is 3.82. The third-order valence-corrected chi connectivity index (χ3v) is 4.62. The van der Waals surface area contributed by atoms with Gasteiger partial charge in [0.1, 0.15) is 5.82 Å². The minimum atomic E-state index is 0.100. The van der Waals surface area contributed by atoms with E-state index in [1.54, 1.807) is 0 Å². The number of fused-ring (bicyclic) bond motifs is 1. The molecule has 0 radical (unpaired) electrons. The van der Waals surface area contributed by atoms with Crippen molar-refractivity contribution in [2.24, 2.45) is 5.92 Å². The van der Waals surface area contributed by atoms with Gasteiger partial charge in [-0.05, 0) is 29.5 Å². The summed E-state index contributed by atoms with van der Waals surface area (Å²) in [5.74, 6) is 1.74. The second kappa shape index (κ2) is 7.97. The lowest BCUT2D eigenvalue weighted by Gasteiger charge is -2.21. The number of benzene rings is 1. The molecule has 2 aromatic heterocycles. The Balaban J connectivity index is 1.55. The normalized spacial score (nSPS) is 12.4. The Labute approximate surface area is 148 Å². The van der Waals surface area contributed by atoms with Crippen LogP contribution < -0.4 is 5.32 Å². The third kappa shape index (κ3) is 4.27. The summed E-state index contributed by atoms with van der Waals surface area (Å²) in [7, 11) is 0. The van der Waals surface area contributed by atoms with Crippen LogP contribution in [0.2, 0.25) is 0 Å². The Hall–Kier alpha value is -2.62. The standard InChI is InChI=1S/C21H25N3O/c1-16(2)19(17-8-4-3-5-9-17)14-21(25)22-12-11-20-23-15-18-10-6-7-13-24(18)20/h3-10,13,15-16,19H,11-12,14H2,1-2H3,(H,22,25). The summed E-state index contributed by atoms with van der Waals surface area (Å²) in [5.41, 5.74) is 2.31. The molecule has 0 spiro atoms. The van der Waals surface area contributed by atoms with Crippen LogP contribution in [0.25, 0.3) is 5.52 Å². The lowest BCUT2D eigenvalue weighted by molar-refractivity contribution is -0.121. The zero-order chi connectivity index (χ0) is 17.6. The third-order valence-electron chi connectivity index (χ3n) is 4.62. The van der Waals surface area contributed by atoms with Crippen molar-refractivity contribution < 1.29 is 4.79 Å². The SMILES string of the molecule is CC(C)C(CC(=O)NCCc1ncc2ccccn12)c1ccccc1. The highest BCUT2D eigenvalue weighted by atomic mass is 16.1. The summed E-state index contributed by atoms with van der Waals surface area (Å²) in [6.45, 7) is 4.94. The fraction of sp³-hybridized carbons (Fsp3) is 0.333. The first-order valence-electron chi connectivity index (χ1n) is 8.87. The molecule has 0 aliphatic heterocycles. The van der Waals surface area contributed by atoms with Crippen molar-refractivity contribution in [3.05, 3.63) is 72.3 Å². The van der Waals surface area contributed by atoms with Gasteiger partial charge < -0.3 is 9.72 Å². The van der Waals surface area contributed by atoms with Crippen molar-refractivity contribution in [2.75, 3.05) is 6.54 Å². The van der Waals surface area contributed by atoms with Crippen molar-refractivity contribution in [3.63, 3.8) is 0 Å². The first kappa shape index (κ1) is 17.2. The lowest BCUT2D eigenvalue weighted by atomic mass is 9.85. The molecule has 1 unspecified atom stereocenters. The van der Waals surface area contributed by atoms with Crippen LogP contribution >= 0.6 is 0 Å². The minimum Gasteiger partial charge on any atom is -0.356 e. The van der Waals surface area contributed by atoms with Crippen LogP contribution in [0.15, 0.2) is 60.9 Å². The van der Waals surface area contributed by atoms with Crippen LogP contribution in [-0.4, -0.2) is 21.8 Å². The van der Waals surface area contributed by atoms with Gasteiger partial charge in [0.2, 0.25) is 5.91 Å². The number of nitrogens with zero attached hydrogens (tertiary/aromatic N) is 2. The quantitative estimate of drug-likeness (QED) is 0.713. The molecule has 3 aromatic rings. The van der Waals surface area contributed by atoms with E-state index in [9.17, 15) is 4.79 Å². The van der Waals surface area contributed by atoms with Gasteiger partial charge in [0.15, 0.2) is 0 Å². The largest absolute Gasteiger partial charge is 0.356 e. The molecule has 1 N–H and O–H groups in total. The van der Waals surface area contributed by atoms with E-state index in [1.165, 1.54) is 5.56 Å². The van der Waals surface area contributed by atoms with Gasteiger partial charge in [-0.15, -0.1) is 0 Å². The number of aromatic nitrogens is 2. The molecule has 1 aromatic carbocycles. The maximum Gasteiger partial charge on any atom is 0.220 e. The highest BCUT2D eigenvalue weighted by molar-refractivity contribution is 5.76. The second-order valence-electron chi connectivity index (χ2n) is 6.74. The fourth-order valence-corrected chi connectivity index (χ4v) is 3.21. The number of amides is 1. The molecule has 4 heteroatoms. The topological polar surface area (TPSA) is 46.4 Å². The molecule has 0 aliphatic rings. The summed E-state index contributed by atoms with van der Waals surface area (Å²) in [6.07, 6.45) is 5.11. The second-order valence-corrected chi connectivity index (χ2v) is 6.74. The smallest absolute Gasteiger partial charge is 0.220 e. The van der Waals surface area contributed by atoms with Gasteiger partial charge in [-0.2, -0.15) is 0 Å². The molecule has 0 bridgehead atoms. The Morgan fingerprint density at radius 2 is 1.88 bits per heavy atom. The number of pyridine rings is 1. The number of carbonyl (C=O) groups excluding carboxylic acids is 1. The number of carbonyl (C=O) groups is 1. The summed E-state index contributed by atoms with van der Waals surface area (Å²) in [5, 5.41) is 3.05. The Kier molecular flexibility index (Phi) is 5.49. The molecule has 1 amide bonds. The number of nitrogens with one attached hydrogen (secondary N) is 1.